The van der Waals surface area contributed by atoms with Gasteiger partial charge in [0, 0.05) is 61.3 Å². The fraction of sp³-hybridized carbons (Fsp3) is 0.455. The first kappa shape index (κ1) is 30.0. The van der Waals surface area contributed by atoms with E-state index in [1.165, 1.54) is 33.6 Å². The summed E-state index contributed by atoms with van der Waals surface area (Å²) in [5.74, 6) is 0.615. The molecule has 4 saturated heterocycles. The molecular weight excluding hydrogens is 617 g/mol. The summed E-state index contributed by atoms with van der Waals surface area (Å²) in [6.45, 7) is 15.0. The van der Waals surface area contributed by atoms with Crippen LogP contribution >= 0.6 is 0 Å². The van der Waals surface area contributed by atoms with Gasteiger partial charge in [0.05, 0.1) is 62.3 Å². The lowest BCUT2D eigenvalue weighted by atomic mass is 9.56. The molecule has 7 aliphatic heterocycles. The normalized spacial score (nSPS) is 43.4. The first-order chi connectivity index (χ1) is 24.5. The molecule has 10 atom stereocenters. The van der Waals surface area contributed by atoms with Crippen LogP contribution in [0.5, 0.6) is 0 Å². The predicted octanol–water partition coefficient (Wildman–Crippen LogP) is 5.48. The first-order valence-corrected chi connectivity index (χ1v) is 19.2. The highest BCUT2D eigenvalue weighted by atomic mass is 16.3. The molecule has 6 heteroatoms. The van der Waals surface area contributed by atoms with Gasteiger partial charge in [-0.3, -0.25) is 0 Å². The Bertz CT molecular complexity index is 1850. The van der Waals surface area contributed by atoms with E-state index in [1.54, 1.807) is 11.1 Å². The van der Waals surface area contributed by atoms with Crippen LogP contribution in [0.3, 0.4) is 0 Å². The highest BCUT2D eigenvalue weighted by Crippen LogP contribution is 2.69. The van der Waals surface area contributed by atoms with Crippen molar-refractivity contribution in [3.05, 3.63) is 132 Å². The number of anilines is 2. The maximum atomic E-state index is 10.5. The number of fused-ring (bicyclic) bond motifs is 8. The Morgan fingerprint density at radius 2 is 1.12 bits per heavy atom. The third kappa shape index (κ3) is 3.24. The predicted molar refractivity (Wildman–Crippen MR) is 198 cm³/mol. The van der Waals surface area contributed by atoms with E-state index in [0.717, 1.165) is 73.9 Å². The van der Waals surface area contributed by atoms with Crippen LogP contribution in [0.2, 0.25) is 0 Å². The zero-order valence-corrected chi connectivity index (χ0v) is 29.1. The summed E-state index contributed by atoms with van der Waals surface area (Å²) in [6, 6.07) is 20.3. The molecule has 0 aromatic heterocycles. The number of nitrogens with zero attached hydrogens (tertiary/aromatic N) is 4. The lowest BCUT2D eigenvalue weighted by Gasteiger charge is -2.59. The van der Waals surface area contributed by atoms with E-state index < -0.39 is 0 Å². The molecule has 11 rings (SSSR count). The van der Waals surface area contributed by atoms with Gasteiger partial charge >= 0.3 is 0 Å². The maximum absolute atomic E-state index is 10.5. The van der Waals surface area contributed by atoms with Crippen molar-refractivity contribution < 1.29 is 19.2 Å². The second-order valence-corrected chi connectivity index (χ2v) is 17.2. The van der Waals surface area contributed by atoms with Crippen LogP contribution in [0.4, 0.5) is 11.4 Å². The molecule has 2 aliphatic carbocycles. The molecule has 2 saturated carbocycles. The third-order valence-corrected chi connectivity index (χ3v) is 15.9. The zero-order chi connectivity index (χ0) is 33.6. The number of piperidine rings is 2. The van der Waals surface area contributed by atoms with Gasteiger partial charge in [-0.05, 0) is 57.7 Å². The fourth-order valence-corrected chi connectivity index (χ4v) is 14.6. The van der Waals surface area contributed by atoms with Crippen molar-refractivity contribution >= 4 is 11.4 Å². The highest BCUT2D eigenvalue weighted by molar-refractivity contribution is 5.77. The van der Waals surface area contributed by atoms with Crippen molar-refractivity contribution in [2.24, 2.45) is 11.8 Å². The number of hydrogen-bond donors (Lipinski definition) is 2. The molecule has 2 N–H and O–H groups in total. The minimum Gasteiger partial charge on any atom is -0.392 e. The van der Waals surface area contributed by atoms with E-state index in [0.29, 0.717) is 23.9 Å². The Morgan fingerprint density at radius 1 is 0.680 bits per heavy atom. The molecule has 2 aromatic rings. The van der Waals surface area contributed by atoms with Crippen molar-refractivity contribution in [2.45, 2.75) is 60.7 Å². The number of para-hydroxylation sites is 2. The van der Waals surface area contributed by atoms with E-state index >= 15 is 0 Å². The van der Waals surface area contributed by atoms with Gasteiger partial charge in [-0.1, -0.05) is 61.7 Å². The molecule has 0 unspecified atom stereocenters. The van der Waals surface area contributed by atoms with Crippen molar-refractivity contribution in [3.63, 3.8) is 0 Å². The van der Waals surface area contributed by atoms with Gasteiger partial charge in [0.1, 0.15) is 25.2 Å². The lowest BCUT2D eigenvalue weighted by Crippen LogP contribution is -2.69. The molecule has 2 spiro atoms. The number of hydrogen-bond acceptors (Lipinski definition) is 4. The van der Waals surface area contributed by atoms with Crippen LogP contribution in [0.25, 0.3) is 0 Å². The Kier molecular flexibility index (Phi) is 6.00. The molecule has 9 aliphatic rings. The number of rotatable bonds is 6. The number of benzene rings is 2. The summed E-state index contributed by atoms with van der Waals surface area (Å²) in [4.78, 5) is 5.54. The molecule has 6 fully saturated rings. The molecule has 0 amide bonds. The molecule has 6 nitrogen and oxygen atoms in total. The van der Waals surface area contributed by atoms with Crippen molar-refractivity contribution in [1.82, 2.24) is 0 Å². The Hall–Kier alpha value is -3.68. The van der Waals surface area contributed by atoms with Gasteiger partial charge < -0.3 is 29.0 Å². The molecule has 50 heavy (non-hydrogen) atoms. The van der Waals surface area contributed by atoms with Crippen LogP contribution in [-0.2, 0) is 10.8 Å². The van der Waals surface area contributed by atoms with Crippen LogP contribution in [-0.4, -0.2) is 95.8 Å². The van der Waals surface area contributed by atoms with Gasteiger partial charge in [0.25, 0.3) is 0 Å². The van der Waals surface area contributed by atoms with Crippen molar-refractivity contribution in [1.29, 1.82) is 0 Å². The van der Waals surface area contributed by atoms with E-state index in [2.05, 4.69) is 108 Å². The standard InChI is InChI=1S/C44H50N4O2/c1-3-17-47-19-15-43-35-9-5-7-11-37(35)45-26-34-32-24-40-44(16-20-48(40,18-4-2)28-30(32)14-22-50)36-10-6-8-12-38(36)46(42(34)44)25-33(41(43)45)31(23-39(43)47)29(27-47)13-21-49/h3-14,25-26,31-32,39-42,49-50H,1-2,15-24,27-28H2/q+2/b29-13-,30-14-,33-25?,34-26?/t31-,32-,39-,40-,41-,42-,43+,44+,47-,48-/m0/s1. The maximum Gasteiger partial charge on any atom is 0.103 e. The summed E-state index contributed by atoms with van der Waals surface area (Å²) in [5.41, 5.74) is 11.8. The van der Waals surface area contributed by atoms with Crippen LogP contribution in [0, 0.1) is 11.8 Å². The average Bonchev–Trinajstić information content (AvgIpc) is 3.81. The fourth-order valence-electron chi connectivity index (χ4n) is 14.6. The summed E-state index contributed by atoms with van der Waals surface area (Å²) < 4.78 is 2.12. The van der Waals surface area contributed by atoms with Gasteiger partial charge in [-0.2, -0.15) is 0 Å². The van der Waals surface area contributed by atoms with Crippen molar-refractivity contribution in [2.75, 3.05) is 62.3 Å². The molecule has 7 heterocycles. The van der Waals surface area contributed by atoms with Crippen molar-refractivity contribution in [3.8, 4) is 0 Å². The summed E-state index contributed by atoms with van der Waals surface area (Å²) in [6.07, 6.45) is 18.6. The Morgan fingerprint density at radius 3 is 1.54 bits per heavy atom. The molecule has 2 aromatic carbocycles. The van der Waals surface area contributed by atoms with E-state index in [-0.39, 0.29) is 36.1 Å². The van der Waals surface area contributed by atoms with E-state index in [4.69, 9.17) is 0 Å². The largest absolute Gasteiger partial charge is 0.392 e. The van der Waals surface area contributed by atoms with Crippen LogP contribution in [0.15, 0.2) is 121 Å². The number of quaternary nitrogens is 2. The van der Waals surface area contributed by atoms with Gasteiger partial charge in [0.2, 0.25) is 0 Å². The van der Waals surface area contributed by atoms with E-state index in [9.17, 15) is 10.2 Å². The minimum atomic E-state index is 0.0183. The van der Waals surface area contributed by atoms with Crippen LogP contribution in [0.1, 0.15) is 36.8 Å². The topological polar surface area (TPSA) is 46.9 Å². The van der Waals surface area contributed by atoms with Gasteiger partial charge in [-0.15, -0.1) is 0 Å². The van der Waals surface area contributed by atoms with E-state index in [1.807, 2.05) is 0 Å². The average molecular weight is 667 g/mol. The van der Waals surface area contributed by atoms with Gasteiger partial charge in [0.15, 0.2) is 0 Å². The first-order valence-electron chi connectivity index (χ1n) is 19.2. The molecule has 256 valence electrons. The summed E-state index contributed by atoms with van der Waals surface area (Å²) >= 11 is 0. The summed E-state index contributed by atoms with van der Waals surface area (Å²) in [5, 5.41) is 20.9. The summed E-state index contributed by atoms with van der Waals surface area (Å²) in [7, 11) is 0. The SMILES string of the molecule is C=CC[N@@+]12CC[C@@]34c5ccccc5N5C=C6[C@H]7C[C@H]8[C@@]9(CC[N@@+]8(CC=C)C/C7=C/CO)c7ccccc7N(C=C([C@@H](C[C@@H]31)/C(=C\CO)C2)[C@H]54)[C@@H]69. The monoisotopic (exact) mass is 666 g/mol. The smallest absolute Gasteiger partial charge is 0.103 e. The Labute approximate surface area is 296 Å². The molecule has 4 bridgehead atoms. The molecular formula is C44H50N4O2+2. The second-order valence-electron chi connectivity index (χ2n) is 17.2. The third-order valence-electron chi connectivity index (χ3n) is 15.9. The Balaban J connectivity index is 1.22. The number of aliphatic hydroxyl groups excluding tert-OH is 2. The minimum absolute atomic E-state index is 0.0183. The second kappa shape index (κ2) is 10.0. The zero-order valence-electron chi connectivity index (χ0n) is 29.1. The lowest BCUT2D eigenvalue weighted by molar-refractivity contribution is -0.937. The number of aliphatic hydroxyl groups is 2. The van der Waals surface area contributed by atoms with Crippen LogP contribution < -0.4 is 9.80 Å². The quantitative estimate of drug-likeness (QED) is 0.317. The van der Waals surface area contributed by atoms with Gasteiger partial charge in [-0.25, -0.2) is 0 Å². The molecule has 0 radical (unpaired) electrons. The highest BCUT2D eigenvalue weighted by Gasteiger charge is 2.75.